The van der Waals surface area contributed by atoms with Gasteiger partial charge in [-0.05, 0) is 151 Å². The molecule has 10 aromatic carbocycles. The van der Waals surface area contributed by atoms with E-state index in [1.807, 2.05) is 0 Å². The largest absolute Gasteiger partial charge is 0.376 e. The molecule has 0 atom stereocenters. The van der Waals surface area contributed by atoms with Crippen molar-refractivity contribution in [1.29, 1.82) is 0 Å². The quantitative estimate of drug-likeness (QED) is 0.148. The van der Waals surface area contributed by atoms with E-state index in [2.05, 4.69) is 288 Å². The lowest BCUT2D eigenvalue weighted by molar-refractivity contribution is 0.590. The van der Waals surface area contributed by atoms with Gasteiger partial charge in [0.1, 0.15) is 0 Å². The standard InChI is InChI=1S/C67H58BN3/c1-45-18-14-17-25-61(45)70-63-43-49(47-21-12-9-13-22-47)28-40-60(63)68-64-59(42-50-23-15-16-24-57(50)65(64)70)58-44-56(39-41-62(58)71(68)55-33-26-48(27-34-55)46-19-10-8-11-20-46)69(53-35-29-51(30-36-53)66(2,3)4)54-37-31-52(32-38-54)67(5,6)7/h8-44H,1-7H3. The van der Waals surface area contributed by atoms with Crippen LogP contribution < -0.4 is 25.5 Å². The second-order valence-corrected chi connectivity index (χ2v) is 21.5. The van der Waals surface area contributed by atoms with Crippen LogP contribution in [0.3, 0.4) is 0 Å². The van der Waals surface area contributed by atoms with Gasteiger partial charge in [0.15, 0.2) is 0 Å². The van der Waals surface area contributed by atoms with Crippen molar-refractivity contribution in [2.24, 2.45) is 0 Å². The Hall–Kier alpha value is -8.08. The molecule has 0 unspecified atom stereocenters. The highest BCUT2D eigenvalue weighted by molar-refractivity contribution is 6.94. The van der Waals surface area contributed by atoms with Gasteiger partial charge in [-0.15, -0.1) is 0 Å². The first-order valence-corrected chi connectivity index (χ1v) is 25.1. The molecule has 3 nitrogen and oxygen atoms in total. The summed E-state index contributed by atoms with van der Waals surface area (Å²) in [6.07, 6.45) is 0. The number of hydrogen-bond donors (Lipinski definition) is 0. The fourth-order valence-corrected chi connectivity index (χ4v) is 11.1. The van der Waals surface area contributed by atoms with Crippen LogP contribution in [0.5, 0.6) is 0 Å². The van der Waals surface area contributed by atoms with Crippen molar-refractivity contribution in [1.82, 2.24) is 0 Å². The Bertz CT molecular complexity index is 3550. The van der Waals surface area contributed by atoms with E-state index < -0.39 is 0 Å². The number of rotatable bonds is 7. The van der Waals surface area contributed by atoms with Crippen molar-refractivity contribution in [2.45, 2.75) is 59.3 Å². The molecule has 0 bridgehead atoms. The van der Waals surface area contributed by atoms with Crippen molar-refractivity contribution in [3.8, 4) is 33.4 Å². The zero-order chi connectivity index (χ0) is 48.6. The molecular formula is C67H58BN3. The number of fused-ring (bicyclic) bond motifs is 6. The zero-order valence-electron chi connectivity index (χ0n) is 41.8. The molecule has 0 radical (unpaired) electrons. The van der Waals surface area contributed by atoms with E-state index in [-0.39, 0.29) is 17.7 Å². The summed E-state index contributed by atoms with van der Waals surface area (Å²) in [7, 11) is 0. The lowest BCUT2D eigenvalue weighted by atomic mass is 9.43. The lowest BCUT2D eigenvalue weighted by Crippen LogP contribution is -2.61. The van der Waals surface area contributed by atoms with Crippen LogP contribution in [0.25, 0.3) is 44.2 Å². The van der Waals surface area contributed by atoms with Crippen molar-refractivity contribution in [3.05, 3.63) is 241 Å². The van der Waals surface area contributed by atoms with Gasteiger partial charge in [0, 0.05) is 50.8 Å². The molecule has 0 aromatic heterocycles. The van der Waals surface area contributed by atoms with Crippen LogP contribution >= 0.6 is 0 Å². The second-order valence-electron chi connectivity index (χ2n) is 21.5. The predicted octanol–water partition coefficient (Wildman–Crippen LogP) is 17.3. The number of benzene rings is 10. The molecule has 0 spiro atoms. The van der Waals surface area contributed by atoms with E-state index >= 15 is 0 Å². The van der Waals surface area contributed by atoms with E-state index in [1.165, 1.54) is 94.5 Å². The van der Waals surface area contributed by atoms with Crippen molar-refractivity contribution < 1.29 is 0 Å². The van der Waals surface area contributed by atoms with Crippen LogP contribution in [0.1, 0.15) is 58.2 Å². The maximum Gasteiger partial charge on any atom is 0.333 e. The number of aryl methyl sites for hydroxylation is 1. The summed E-state index contributed by atoms with van der Waals surface area (Å²) >= 11 is 0. The lowest BCUT2D eigenvalue weighted by Gasteiger charge is -2.46. The Labute approximate surface area is 420 Å². The van der Waals surface area contributed by atoms with Crippen LogP contribution in [0.4, 0.5) is 45.5 Å². The van der Waals surface area contributed by atoms with Crippen LogP contribution in [0, 0.1) is 6.92 Å². The molecule has 0 fully saturated rings. The fourth-order valence-electron chi connectivity index (χ4n) is 11.1. The Balaban J connectivity index is 1.15. The van der Waals surface area contributed by atoms with Crippen LogP contribution in [-0.2, 0) is 10.8 Å². The maximum atomic E-state index is 2.63. The smallest absolute Gasteiger partial charge is 0.333 e. The molecule has 0 amide bonds. The first-order chi connectivity index (χ1) is 34.4. The minimum absolute atomic E-state index is 0.0336. The SMILES string of the molecule is Cc1ccccc1N1c2cc(-c3ccccc3)ccc2B2c3c(cc4ccccc4c31)-c1cc(N(c3ccc(C(C)(C)C)cc3)c3ccc(C(C)(C)C)cc3)ccc1N2c1ccc(-c2ccccc2)cc1. The summed E-state index contributed by atoms with van der Waals surface area (Å²) in [6.45, 7) is 15.8. The summed E-state index contributed by atoms with van der Waals surface area (Å²) in [6, 6.07) is 83.9. The van der Waals surface area contributed by atoms with Crippen LogP contribution in [-0.4, -0.2) is 6.85 Å². The number of anilines is 8. The van der Waals surface area contributed by atoms with Crippen LogP contribution in [0.15, 0.2) is 224 Å². The van der Waals surface area contributed by atoms with Gasteiger partial charge in [0.25, 0.3) is 0 Å². The van der Waals surface area contributed by atoms with Gasteiger partial charge in [-0.2, -0.15) is 0 Å². The van der Waals surface area contributed by atoms with Crippen LogP contribution in [0.2, 0.25) is 0 Å². The van der Waals surface area contributed by atoms with E-state index in [4.69, 9.17) is 0 Å². The first kappa shape index (κ1) is 44.2. The van der Waals surface area contributed by atoms with Gasteiger partial charge in [0.05, 0.1) is 5.69 Å². The zero-order valence-corrected chi connectivity index (χ0v) is 41.8. The third kappa shape index (κ3) is 7.70. The highest BCUT2D eigenvalue weighted by Gasteiger charge is 2.46. The molecule has 0 N–H and O–H groups in total. The third-order valence-corrected chi connectivity index (χ3v) is 14.9. The Morgan fingerprint density at radius 3 is 1.56 bits per heavy atom. The predicted molar refractivity (Wildman–Crippen MR) is 305 cm³/mol. The Morgan fingerprint density at radius 2 is 0.944 bits per heavy atom. The summed E-state index contributed by atoms with van der Waals surface area (Å²) in [5.74, 6) is 0. The molecule has 0 aliphatic carbocycles. The fraction of sp³-hybridized carbons (Fsp3) is 0.134. The minimum atomic E-state index is -0.142. The van der Waals surface area contributed by atoms with Gasteiger partial charge in [-0.3, -0.25) is 0 Å². The summed E-state index contributed by atoms with van der Waals surface area (Å²) in [4.78, 5) is 7.66. The monoisotopic (exact) mass is 915 g/mol. The van der Waals surface area contributed by atoms with Gasteiger partial charge < -0.3 is 14.6 Å². The topological polar surface area (TPSA) is 9.72 Å². The molecule has 2 aliphatic heterocycles. The number of nitrogens with zero attached hydrogens (tertiary/aromatic N) is 3. The van der Waals surface area contributed by atoms with Crippen molar-refractivity contribution >= 4 is 74.0 Å². The summed E-state index contributed by atoms with van der Waals surface area (Å²) in [5.41, 5.74) is 23.0. The molecule has 0 saturated heterocycles. The molecule has 12 rings (SSSR count). The molecule has 2 heterocycles. The number of hydrogen-bond acceptors (Lipinski definition) is 3. The highest BCUT2D eigenvalue weighted by Crippen LogP contribution is 2.51. The van der Waals surface area contributed by atoms with Gasteiger partial charge >= 0.3 is 6.85 Å². The maximum absolute atomic E-state index is 2.63. The van der Waals surface area contributed by atoms with Crippen molar-refractivity contribution in [2.75, 3.05) is 14.6 Å². The summed E-state index contributed by atoms with van der Waals surface area (Å²) in [5, 5.41) is 2.44. The van der Waals surface area contributed by atoms with E-state index in [0.29, 0.717) is 0 Å². The van der Waals surface area contributed by atoms with Gasteiger partial charge in [-0.25, -0.2) is 0 Å². The normalized spacial score (nSPS) is 12.9. The Kier molecular flexibility index (Phi) is 10.6. The van der Waals surface area contributed by atoms with E-state index in [9.17, 15) is 0 Å². The Morgan fingerprint density at radius 1 is 0.408 bits per heavy atom. The van der Waals surface area contributed by atoms with E-state index in [0.717, 1.165) is 22.7 Å². The van der Waals surface area contributed by atoms with E-state index in [1.54, 1.807) is 0 Å². The number of para-hydroxylation sites is 1. The molecule has 344 valence electrons. The molecule has 4 heteroatoms. The molecule has 2 aliphatic rings. The first-order valence-electron chi connectivity index (χ1n) is 25.1. The summed E-state index contributed by atoms with van der Waals surface area (Å²) < 4.78 is 0. The third-order valence-electron chi connectivity index (χ3n) is 14.9. The average Bonchev–Trinajstić information content (AvgIpc) is 3.39. The average molecular weight is 916 g/mol. The highest BCUT2D eigenvalue weighted by atomic mass is 15.2. The van der Waals surface area contributed by atoms with Crippen molar-refractivity contribution in [3.63, 3.8) is 0 Å². The molecule has 0 saturated carbocycles. The van der Waals surface area contributed by atoms with Gasteiger partial charge in [-0.1, -0.05) is 193 Å². The second kappa shape index (κ2) is 17.1. The molecule has 10 aromatic rings. The molecular weight excluding hydrogens is 858 g/mol. The molecule has 71 heavy (non-hydrogen) atoms. The minimum Gasteiger partial charge on any atom is -0.376 e. The van der Waals surface area contributed by atoms with Gasteiger partial charge in [0.2, 0.25) is 0 Å².